The monoisotopic (exact) mass is 265 g/mol. The molecule has 0 aromatic carbocycles. The third kappa shape index (κ3) is 3.54. The number of aromatic nitrogens is 4. The molecule has 2 aromatic heterocycles. The van der Waals surface area contributed by atoms with Crippen molar-refractivity contribution in [1.29, 1.82) is 0 Å². The molecule has 0 radical (unpaired) electrons. The van der Waals surface area contributed by atoms with E-state index in [0.717, 1.165) is 24.8 Å². The van der Waals surface area contributed by atoms with Crippen molar-refractivity contribution in [1.82, 2.24) is 20.2 Å². The van der Waals surface area contributed by atoms with Gasteiger partial charge in [-0.2, -0.15) is 15.1 Å². The van der Waals surface area contributed by atoms with Crippen molar-refractivity contribution >= 4 is 17.0 Å². The summed E-state index contributed by atoms with van der Waals surface area (Å²) < 4.78 is 11.1. The highest BCUT2D eigenvalue weighted by atomic mass is 16.5. The Hall–Kier alpha value is -1.89. The number of anilines is 1. The molecule has 0 atom stereocenters. The Kier molecular flexibility index (Phi) is 4.91. The van der Waals surface area contributed by atoms with Gasteiger partial charge in [-0.3, -0.25) is 5.10 Å². The van der Waals surface area contributed by atoms with Gasteiger partial charge in [-0.1, -0.05) is 13.3 Å². The van der Waals surface area contributed by atoms with Gasteiger partial charge in [0.05, 0.1) is 12.8 Å². The highest BCUT2D eigenvalue weighted by Gasteiger charge is 2.09. The normalized spacial score (nSPS) is 10.8. The number of rotatable bonds is 8. The van der Waals surface area contributed by atoms with Gasteiger partial charge in [-0.05, 0) is 6.42 Å². The first kappa shape index (κ1) is 13.5. The maximum Gasteiger partial charge on any atom is 0.229 e. The Balaban J connectivity index is 1.93. The number of ether oxygens (including phenoxy) is 2. The molecule has 0 bridgehead atoms. The van der Waals surface area contributed by atoms with Gasteiger partial charge in [-0.15, -0.1) is 0 Å². The van der Waals surface area contributed by atoms with E-state index >= 15 is 0 Å². The Bertz CT molecular complexity index is 514. The molecular weight excluding hydrogens is 246 g/mol. The summed E-state index contributed by atoms with van der Waals surface area (Å²) in [6.07, 6.45) is 3.86. The Morgan fingerprint density at radius 1 is 1.26 bits per heavy atom. The summed E-state index contributed by atoms with van der Waals surface area (Å²) in [6, 6.07) is 0. The number of fused-ring (bicyclic) bond motifs is 1. The lowest BCUT2D eigenvalue weighted by atomic mass is 10.4. The standard InChI is InChI=1S/C12H19N5O2/c1-3-4-5-18-6-7-19-11-9-8-14-17-10(9)15-12(13-2)16-11/h8H,3-7H2,1-2H3,(H2,13,14,15,16,17). The maximum absolute atomic E-state index is 5.62. The van der Waals surface area contributed by atoms with E-state index in [1.165, 1.54) is 0 Å². The van der Waals surface area contributed by atoms with E-state index in [9.17, 15) is 0 Å². The van der Waals surface area contributed by atoms with Crippen LogP contribution in [0.4, 0.5) is 5.95 Å². The van der Waals surface area contributed by atoms with Crippen molar-refractivity contribution < 1.29 is 9.47 Å². The van der Waals surface area contributed by atoms with Crippen LogP contribution in [0.5, 0.6) is 5.88 Å². The van der Waals surface area contributed by atoms with Crippen molar-refractivity contribution in [2.45, 2.75) is 19.8 Å². The third-order valence-corrected chi connectivity index (χ3v) is 2.61. The van der Waals surface area contributed by atoms with Crippen LogP contribution in [0.1, 0.15) is 19.8 Å². The predicted molar refractivity (Wildman–Crippen MR) is 72.5 cm³/mol. The van der Waals surface area contributed by atoms with Crippen LogP contribution < -0.4 is 10.1 Å². The van der Waals surface area contributed by atoms with E-state index in [0.29, 0.717) is 30.7 Å². The predicted octanol–water partition coefficient (Wildman–Crippen LogP) is 1.59. The molecule has 2 aromatic rings. The van der Waals surface area contributed by atoms with Gasteiger partial charge < -0.3 is 14.8 Å². The molecule has 0 aliphatic carbocycles. The number of hydrogen-bond acceptors (Lipinski definition) is 6. The molecule has 0 spiro atoms. The van der Waals surface area contributed by atoms with Gasteiger partial charge in [0.1, 0.15) is 12.0 Å². The average Bonchev–Trinajstić information content (AvgIpc) is 2.90. The lowest BCUT2D eigenvalue weighted by Crippen LogP contribution is -2.09. The Labute approximate surface area is 111 Å². The molecule has 0 aliphatic rings. The lowest BCUT2D eigenvalue weighted by molar-refractivity contribution is 0.0971. The van der Waals surface area contributed by atoms with Crippen molar-refractivity contribution in [2.24, 2.45) is 0 Å². The van der Waals surface area contributed by atoms with E-state index in [2.05, 4.69) is 32.4 Å². The quantitative estimate of drug-likeness (QED) is 0.705. The van der Waals surface area contributed by atoms with Crippen molar-refractivity contribution in [3.63, 3.8) is 0 Å². The molecule has 104 valence electrons. The second-order valence-electron chi connectivity index (χ2n) is 4.05. The van der Waals surface area contributed by atoms with E-state index in [1.807, 2.05) is 0 Å². The van der Waals surface area contributed by atoms with Gasteiger partial charge >= 0.3 is 0 Å². The number of nitrogens with zero attached hydrogens (tertiary/aromatic N) is 3. The van der Waals surface area contributed by atoms with Crippen LogP contribution in [0, 0.1) is 0 Å². The van der Waals surface area contributed by atoms with Crippen LogP contribution in [0.3, 0.4) is 0 Å². The number of hydrogen-bond donors (Lipinski definition) is 2. The summed E-state index contributed by atoms with van der Waals surface area (Å²) in [5.41, 5.74) is 0.654. The van der Waals surface area contributed by atoms with Gasteiger partial charge in [0.25, 0.3) is 0 Å². The summed E-state index contributed by atoms with van der Waals surface area (Å²) in [5.74, 6) is 1.01. The van der Waals surface area contributed by atoms with Gasteiger partial charge in [-0.25, -0.2) is 0 Å². The minimum atomic E-state index is 0.462. The SMILES string of the molecule is CCCCOCCOc1nc(NC)nc2[nH]ncc12. The van der Waals surface area contributed by atoms with Crippen molar-refractivity contribution in [3.05, 3.63) is 6.20 Å². The van der Waals surface area contributed by atoms with E-state index < -0.39 is 0 Å². The van der Waals surface area contributed by atoms with Crippen LogP contribution in [0.25, 0.3) is 11.0 Å². The third-order valence-electron chi connectivity index (χ3n) is 2.61. The van der Waals surface area contributed by atoms with Crippen LogP contribution in [-0.4, -0.2) is 47.0 Å². The van der Waals surface area contributed by atoms with E-state index in [4.69, 9.17) is 9.47 Å². The van der Waals surface area contributed by atoms with E-state index in [1.54, 1.807) is 13.2 Å². The van der Waals surface area contributed by atoms with Crippen LogP contribution >= 0.6 is 0 Å². The van der Waals surface area contributed by atoms with Gasteiger partial charge in [0.2, 0.25) is 11.8 Å². The van der Waals surface area contributed by atoms with Gasteiger partial charge in [0, 0.05) is 13.7 Å². The fraction of sp³-hybridized carbons (Fsp3) is 0.583. The van der Waals surface area contributed by atoms with Crippen LogP contribution in [-0.2, 0) is 4.74 Å². The zero-order valence-electron chi connectivity index (χ0n) is 11.3. The van der Waals surface area contributed by atoms with Crippen LogP contribution in [0.2, 0.25) is 0 Å². The fourth-order valence-electron chi connectivity index (χ4n) is 1.58. The molecule has 0 fully saturated rings. The zero-order valence-corrected chi connectivity index (χ0v) is 11.3. The molecule has 7 heteroatoms. The molecule has 0 saturated carbocycles. The topological polar surface area (TPSA) is 85.0 Å². The number of unbranched alkanes of at least 4 members (excludes halogenated alkanes) is 1. The molecule has 0 saturated heterocycles. The molecule has 19 heavy (non-hydrogen) atoms. The first-order valence-electron chi connectivity index (χ1n) is 6.44. The largest absolute Gasteiger partial charge is 0.475 e. The zero-order chi connectivity index (χ0) is 13.5. The molecule has 0 unspecified atom stereocenters. The summed E-state index contributed by atoms with van der Waals surface area (Å²) in [7, 11) is 1.76. The molecule has 2 N–H and O–H groups in total. The van der Waals surface area contributed by atoms with Crippen molar-refractivity contribution in [2.75, 3.05) is 32.2 Å². The highest BCUT2D eigenvalue weighted by Crippen LogP contribution is 2.21. The first-order valence-corrected chi connectivity index (χ1v) is 6.44. The second-order valence-corrected chi connectivity index (χ2v) is 4.05. The Morgan fingerprint density at radius 2 is 2.16 bits per heavy atom. The molecule has 0 aliphatic heterocycles. The number of H-pyrrole nitrogens is 1. The summed E-state index contributed by atoms with van der Waals surface area (Å²) in [6.45, 7) is 3.92. The molecule has 2 heterocycles. The molecular formula is C12H19N5O2. The van der Waals surface area contributed by atoms with Crippen LogP contribution in [0.15, 0.2) is 6.20 Å². The van der Waals surface area contributed by atoms with E-state index in [-0.39, 0.29) is 0 Å². The highest BCUT2D eigenvalue weighted by molar-refractivity contribution is 5.80. The summed E-state index contributed by atoms with van der Waals surface area (Å²) in [4.78, 5) is 8.50. The minimum absolute atomic E-state index is 0.462. The van der Waals surface area contributed by atoms with Gasteiger partial charge in [0.15, 0.2) is 5.65 Å². The molecule has 2 rings (SSSR count). The summed E-state index contributed by atoms with van der Waals surface area (Å²) >= 11 is 0. The second kappa shape index (κ2) is 6.89. The molecule has 7 nitrogen and oxygen atoms in total. The fourth-order valence-corrected chi connectivity index (χ4v) is 1.58. The van der Waals surface area contributed by atoms with Crippen molar-refractivity contribution in [3.8, 4) is 5.88 Å². The molecule has 0 amide bonds. The Morgan fingerprint density at radius 3 is 2.95 bits per heavy atom. The first-order chi connectivity index (χ1) is 9.35. The minimum Gasteiger partial charge on any atom is -0.475 e. The number of nitrogens with one attached hydrogen (secondary N) is 2. The summed E-state index contributed by atoms with van der Waals surface area (Å²) in [5, 5.41) is 10.4. The lowest BCUT2D eigenvalue weighted by Gasteiger charge is -2.08. The smallest absolute Gasteiger partial charge is 0.229 e. The maximum atomic E-state index is 5.62. The number of aromatic amines is 1. The average molecular weight is 265 g/mol.